The SMILES string of the molecule is Cc1cc(C(=O)N2CCC(NS(=O)(=O)c3cccs3)CC2)c(C)n1Cc1ccco1. The molecule has 0 atom stereocenters. The second kappa shape index (κ2) is 8.41. The molecule has 1 amide bonds. The number of furan rings is 1. The van der Waals surface area contributed by atoms with Crippen LogP contribution in [0.4, 0.5) is 0 Å². The lowest BCUT2D eigenvalue weighted by Gasteiger charge is -2.32. The van der Waals surface area contributed by atoms with Gasteiger partial charge in [0.05, 0.1) is 18.4 Å². The third kappa shape index (κ3) is 4.23. The summed E-state index contributed by atoms with van der Waals surface area (Å²) in [4.78, 5) is 14.9. The summed E-state index contributed by atoms with van der Waals surface area (Å²) >= 11 is 1.20. The van der Waals surface area contributed by atoms with Crippen molar-refractivity contribution in [3.63, 3.8) is 0 Å². The number of carbonyl (C=O) groups is 1. The van der Waals surface area contributed by atoms with Crippen molar-refractivity contribution < 1.29 is 17.6 Å². The Morgan fingerprint density at radius 3 is 2.63 bits per heavy atom. The number of rotatable bonds is 6. The van der Waals surface area contributed by atoms with Gasteiger partial charge < -0.3 is 13.9 Å². The Labute approximate surface area is 180 Å². The fraction of sp³-hybridized carbons (Fsp3) is 0.381. The first-order valence-corrected chi connectivity index (χ1v) is 12.3. The molecule has 0 radical (unpaired) electrons. The second-order valence-electron chi connectivity index (χ2n) is 7.57. The molecule has 30 heavy (non-hydrogen) atoms. The number of piperidine rings is 1. The molecule has 0 bridgehead atoms. The van der Waals surface area contributed by atoms with E-state index in [2.05, 4.69) is 9.29 Å². The number of aromatic nitrogens is 1. The van der Waals surface area contributed by atoms with Gasteiger partial charge in [-0.1, -0.05) is 6.07 Å². The molecule has 3 aromatic heterocycles. The Kier molecular flexibility index (Phi) is 5.86. The fourth-order valence-electron chi connectivity index (χ4n) is 3.88. The van der Waals surface area contributed by atoms with Gasteiger partial charge in [-0.3, -0.25) is 4.79 Å². The van der Waals surface area contributed by atoms with Crippen molar-refractivity contribution in [3.05, 3.63) is 64.7 Å². The number of hydrogen-bond donors (Lipinski definition) is 1. The number of amides is 1. The van der Waals surface area contributed by atoms with E-state index in [1.54, 1.807) is 23.8 Å². The zero-order chi connectivity index (χ0) is 21.3. The van der Waals surface area contributed by atoms with Gasteiger partial charge in [0.2, 0.25) is 10.0 Å². The molecule has 1 fully saturated rings. The molecule has 0 aliphatic carbocycles. The molecule has 0 aromatic carbocycles. The molecule has 1 N–H and O–H groups in total. The van der Waals surface area contributed by atoms with E-state index in [9.17, 15) is 13.2 Å². The Balaban J connectivity index is 1.40. The van der Waals surface area contributed by atoms with Crippen molar-refractivity contribution in [1.29, 1.82) is 0 Å². The Morgan fingerprint density at radius 2 is 2.00 bits per heavy atom. The summed E-state index contributed by atoms with van der Waals surface area (Å²) in [6.07, 6.45) is 2.84. The monoisotopic (exact) mass is 447 g/mol. The second-order valence-corrected chi connectivity index (χ2v) is 10.5. The minimum atomic E-state index is -3.49. The van der Waals surface area contributed by atoms with Crippen LogP contribution in [0.3, 0.4) is 0 Å². The highest BCUT2D eigenvalue weighted by Gasteiger charge is 2.29. The van der Waals surface area contributed by atoms with Crippen LogP contribution < -0.4 is 4.72 Å². The largest absolute Gasteiger partial charge is 0.467 e. The van der Waals surface area contributed by atoms with E-state index in [4.69, 9.17) is 4.42 Å². The summed E-state index contributed by atoms with van der Waals surface area (Å²) < 4.78 is 35.5. The molecule has 4 heterocycles. The minimum absolute atomic E-state index is 0.00615. The lowest BCUT2D eigenvalue weighted by atomic mass is 10.0. The lowest BCUT2D eigenvalue weighted by molar-refractivity contribution is 0.0710. The third-order valence-corrected chi connectivity index (χ3v) is 8.48. The van der Waals surface area contributed by atoms with Crippen LogP contribution in [0.5, 0.6) is 0 Å². The third-order valence-electron chi connectivity index (χ3n) is 5.56. The number of hydrogen-bond acceptors (Lipinski definition) is 5. The highest BCUT2D eigenvalue weighted by Crippen LogP contribution is 2.23. The average Bonchev–Trinajstić information content (AvgIpc) is 3.47. The molecule has 0 unspecified atom stereocenters. The molecule has 0 spiro atoms. The van der Waals surface area contributed by atoms with Crippen LogP contribution in [0.15, 0.2) is 50.6 Å². The molecular weight excluding hydrogens is 422 g/mol. The highest BCUT2D eigenvalue weighted by atomic mass is 32.2. The standard InChI is InChI=1S/C21H25N3O4S2/c1-15-13-19(16(2)24(15)14-18-5-3-11-28-18)21(25)23-9-7-17(8-10-23)22-30(26,27)20-6-4-12-29-20/h3-6,11-13,17,22H,7-10,14H2,1-2H3. The van der Waals surface area contributed by atoms with Crippen LogP contribution >= 0.6 is 11.3 Å². The van der Waals surface area contributed by atoms with Gasteiger partial charge in [0.15, 0.2) is 0 Å². The number of sulfonamides is 1. The van der Waals surface area contributed by atoms with Gasteiger partial charge >= 0.3 is 0 Å². The van der Waals surface area contributed by atoms with E-state index in [0.29, 0.717) is 42.2 Å². The van der Waals surface area contributed by atoms with E-state index in [0.717, 1.165) is 17.1 Å². The number of thiophene rings is 1. The molecule has 160 valence electrons. The fourth-order valence-corrected chi connectivity index (χ4v) is 6.20. The molecule has 4 rings (SSSR count). The van der Waals surface area contributed by atoms with Crippen molar-refractivity contribution in [2.75, 3.05) is 13.1 Å². The Bertz CT molecular complexity index is 1110. The van der Waals surface area contributed by atoms with Gasteiger partial charge in [-0.15, -0.1) is 11.3 Å². The van der Waals surface area contributed by atoms with Gasteiger partial charge in [-0.2, -0.15) is 0 Å². The molecule has 1 aliphatic rings. The molecule has 1 saturated heterocycles. The lowest BCUT2D eigenvalue weighted by Crippen LogP contribution is -2.46. The molecule has 3 aromatic rings. The van der Waals surface area contributed by atoms with Gasteiger partial charge in [0.1, 0.15) is 9.97 Å². The van der Waals surface area contributed by atoms with Crippen LogP contribution in [0, 0.1) is 13.8 Å². The Hall–Kier alpha value is -2.36. The van der Waals surface area contributed by atoms with Gasteiger partial charge in [0, 0.05) is 30.5 Å². The van der Waals surface area contributed by atoms with Crippen molar-refractivity contribution in [2.24, 2.45) is 0 Å². The average molecular weight is 448 g/mol. The number of likely N-dealkylation sites (tertiary alicyclic amines) is 1. The first-order chi connectivity index (χ1) is 14.3. The first-order valence-electron chi connectivity index (χ1n) is 9.89. The highest BCUT2D eigenvalue weighted by molar-refractivity contribution is 7.91. The maximum absolute atomic E-state index is 13.1. The summed E-state index contributed by atoms with van der Waals surface area (Å²) in [6.45, 7) is 5.57. The van der Waals surface area contributed by atoms with E-state index < -0.39 is 10.0 Å². The van der Waals surface area contributed by atoms with Crippen molar-refractivity contribution in [3.8, 4) is 0 Å². The number of nitrogens with zero attached hydrogens (tertiary/aromatic N) is 2. The molecule has 1 aliphatic heterocycles. The van der Waals surface area contributed by atoms with E-state index in [1.165, 1.54) is 11.3 Å². The first kappa shape index (κ1) is 20.9. The summed E-state index contributed by atoms with van der Waals surface area (Å²) in [5, 5.41) is 1.75. The van der Waals surface area contributed by atoms with Crippen molar-refractivity contribution in [1.82, 2.24) is 14.2 Å². The summed E-state index contributed by atoms with van der Waals surface area (Å²) in [5.41, 5.74) is 2.61. The van der Waals surface area contributed by atoms with E-state index >= 15 is 0 Å². The maximum atomic E-state index is 13.1. The van der Waals surface area contributed by atoms with Crippen LogP contribution in [-0.2, 0) is 16.6 Å². The van der Waals surface area contributed by atoms with Gasteiger partial charge in [-0.05, 0) is 56.3 Å². The normalized spacial score (nSPS) is 15.6. The molecule has 9 heteroatoms. The predicted octanol–water partition coefficient (Wildman–Crippen LogP) is 3.39. The predicted molar refractivity (Wildman–Crippen MR) is 115 cm³/mol. The van der Waals surface area contributed by atoms with Crippen LogP contribution in [0.25, 0.3) is 0 Å². The molecule has 7 nitrogen and oxygen atoms in total. The quantitative estimate of drug-likeness (QED) is 0.628. The molecular formula is C21H25N3O4S2. The summed E-state index contributed by atoms with van der Waals surface area (Å²) in [7, 11) is -3.49. The van der Waals surface area contributed by atoms with Crippen molar-refractivity contribution >= 4 is 27.3 Å². The number of carbonyl (C=O) groups excluding carboxylic acids is 1. The van der Waals surface area contributed by atoms with Crippen LogP contribution in [0.2, 0.25) is 0 Å². The number of nitrogens with one attached hydrogen (secondary N) is 1. The van der Waals surface area contributed by atoms with E-state index in [-0.39, 0.29) is 11.9 Å². The Morgan fingerprint density at radius 1 is 1.23 bits per heavy atom. The zero-order valence-electron chi connectivity index (χ0n) is 17.0. The van der Waals surface area contributed by atoms with E-state index in [1.807, 2.05) is 36.9 Å². The van der Waals surface area contributed by atoms with Gasteiger partial charge in [0.25, 0.3) is 5.91 Å². The topological polar surface area (TPSA) is 84.5 Å². The smallest absolute Gasteiger partial charge is 0.255 e. The minimum Gasteiger partial charge on any atom is -0.467 e. The maximum Gasteiger partial charge on any atom is 0.255 e. The molecule has 0 saturated carbocycles. The number of aryl methyl sites for hydroxylation is 1. The summed E-state index contributed by atoms with van der Waals surface area (Å²) in [6, 6.07) is 8.86. The zero-order valence-corrected chi connectivity index (χ0v) is 18.6. The van der Waals surface area contributed by atoms with Gasteiger partial charge in [-0.25, -0.2) is 13.1 Å². The summed E-state index contributed by atoms with van der Waals surface area (Å²) in [5.74, 6) is 0.836. The van der Waals surface area contributed by atoms with Crippen LogP contribution in [0.1, 0.15) is 40.3 Å². The van der Waals surface area contributed by atoms with Crippen LogP contribution in [-0.4, -0.2) is 42.9 Å². The van der Waals surface area contributed by atoms with Crippen molar-refractivity contribution in [2.45, 2.75) is 43.5 Å².